The zero-order valence-corrected chi connectivity index (χ0v) is 49.6. The van der Waals surface area contributed by atoms with E-state index in [-0.39, 0.29) is 31.1 Å². The Balaban J connectivity index is 4.31. The van der Waals surface area contributed by atoms with E-state index in [4.69, 9.17) is 14.2 Å². The second kappa shape index (κ2) is 63.1. The van der Waals surface area contributed by atoms with Gasteiger partial charge in [0.2, 0.25) is 0 Å². The first-order valence-electron chi connectivity index (χ1n) is 32.1. The molecule has 0 saturated carbocycles. The fourth-order valence-corrected chi connectivity index (χ4v) is 9.09. The van der Waals surface area contributed by atoms with Crippen LogP contribution in [0.4, 0.5) is 0 Å². The number of carbonyl (C=O) groups is 3. The number of carbonyl (C=O) groups excluding carboxylic acids is 3. The third-order valence-corrected chi connectivity index (χ3v) is 13.9. The lowest BCUT2D eigenvalue weighted by Gasteiger charge is -2.18. The monoisotopic (exact) mass is 1040 g/mol. The maximum absolute atomic E-state index is 12.9. The van der Waals surface area contributed by atoms with Crippen LogP contribution in [-0.4, -0.2) is 37.2 Å². The number of esters is 3. The number of unbranched alkanes of at least 4 members (excludes halogenated alkanes) is 33. The molecule has 75 heavy (non-hydrogen) atoms. The van der Waals surface area contributed by atoms with Crippen LogP contribution < -0.4 is 0 Å². The second-order valence-corrected chi connectivity index (χ2v) is 21.3. The molecule has 0 fully saturated rings. The van der Waals surface area contributed by atoms with Crippen molar-refractivity contribution < 1.29 is 28.6 Å². The van der Waals surface area contributed by atoms with E-state index in [2.05, 4.69) is 106 Å². The van der Waals surface area contributed by atoms with Gasteiger partial charge in [0, 0.05) is 19.3 Å². The Hall–Kier alpha value is -3.41. The van der Waals surface area contributed by atoms with Gasteiger partial charge in [-0.2, -0.15) is 0 Å². The van der Waals surface area contributed by atoms with Crippen LogP contribution in [0.3, 0.4) is 0 Å². The van der Waals surface area contributed by atoms with Gasteiger partial charge in [-0.05, 0) is 96.3 Å². The fourth-order valence-electron chi connectivity index (χ4n) is 9.09. The molecular formula is C69H120O6. The fraction of sp³-hybridized carbons (Fsp3) is 0.754. The lowest BCUT2D eigenvalue weighted by atomic mass is 10.0. The summed E-state index contributed by atoms with van der Waals surface area (Å²) in [7, 11) is 0. The van der Waals surface area contributed by atoms with E-state index in [1.807, 2.05) is 0 Å². The molecule has 0 bridgehead atoms. The smallest absolute Gasteiger partial charge is 0.306 e. The zero-order valence-electron chi connectivity index (χ0n) is 49.6. The van der Waals surface area contributed by atoms with Gasteiger partial charge >= 0.3 is 17.9 Å². The van der Waals surface area contributed by atoms with Crippen LogP contribution in [0.25, 0.3) is 0 Å². The van der Waals surface area contributed by atoms with Crippen molar-refractivity contribution in [3.8, 4) is 0 Å². The number of ether oxygens (including phenoxy) is 3. The first kappa shape index (κ1) is 71.6. The molecule has 6 nitrogen and oxygen atoms in total. The number of rotatable bonds is 58. The summed E-state index contributed by atoms with van der Waals surface area (Å²) in [4.78, 5) is 38.3. The van der Waals surface area contributed by atoms with Gasteiger partial charge in [-0.1, -0.05) is 286 Å². The predicted octanol–water partition coefficient (Wildman–Crippen LogP) is 21.9. The molecule has 6 heteroatoms. The van der Waals surface area contributed by atoms with Crippen molar-refractivity contribution in [2.24, 2.45) is 0 Å². The Kier molecular flexibility index (Phi) is 60.3. The number of hydrogen-bond donors (Lipinski definition) is 0. The van der Waals surface area contributed by atoms with Crippen molar-refractivity contribution in [2.45, 2.75) is 322 Å². The molecule has 0 rings (SSSR count). The third-order valence-electron chi connectivity index (χ3n) is 13.9. The minimum atomic E-state index is -0.781. The van der Waals surface area contributed by atoms with Crippen molar-refractivity contribution in [1.82, 2.24) is 0 Å². The minimum Gasteiger partial charge on any atom is -0.462 e. The molecule has 1 unspecified atom stereocenters. The van der Waals surface area contributed by atoms with Crippen molar-refractivity contribution in [3.05, 3.63) is 85.1 Å². The molecule has 0 aliphatic rings. The Morgan fingerprint density at radius 2 is 0.520 bits per heavy atom. The van der Waals surface area contributed by atoms with Gasteiger partial charge in [-0.3, -0.25) is 14.4 Å². The first-order chi connectivity index (χ1) is 37.0. The summed E-state index contributed by atoms with van der Waals surface area (Å²) < 4.78 is 16.9. The highest BCUT2D eigenvalue weighted by molar-refractivity contribution is 5.71. The standard InChI is InChI=1S/C69H120O6/c1-4-7-10-13-16-19-22-25-27-29-30-31-32-33-34-35-36-37-38-40-41-44-47-50-53-56-59-62-68(71)74-65-66(64-73-67(70)61-58-55-52-49-46-43-24-21-18-15-12-9-6-3)75-69(72)63-60-57-54-51-48-45-42-39-28-26-23-20-17-14-11-8-5-2/h7,10,16,19,25-28,30-31,33-34,36-37,66H,4-6,8-9,11-15,17-18,20-24,29,32,35,38-65H2,1-3H3/b10-7-,19-16-,27-25-,28-26-,31-30-,34-33-,37-36-. The SMILES string of the molecule is CC/C=C\C/C=C\C/C=C\C/C=C\C/C=C\C/C=C\CCCCCCCCCCC(=O)OCC(COC(=O)CCCCCCCCCCCCCCC)OC(=O)CCCCCCCCC/C=C\CCCCCCCC. The van der Waals surface area contributed by atoms with Crippen LogP contribution in [0.1, 0.15) is 316 Å². The molecule has 432 valence electrons. The molecule has 0 spiro atoms. The summed E-state index contributed by atoms with van der Waals surface area (Å²) in [6.45, 7) is 6.54. The largest absolute Gasteiger partial charge is 0.462 e. The van der Waals surface area contributed by atoms with Crippen LogP contribution >= 0.6 is 0 Å². The molecule has 0 aromatic rings. The van der Waals surface area contributed by atoms with Crippen LogP contribution in [0.15, 0.2) is 85.1 Å². The van der Waals surface area contributed by atoms with Crippen molar-refractivity contribution in [1.29, 1.82) is 0 Å². The lowest BCUT2D eigenvalue weighted by molar-refractivity contribution is -0.167. The van der Waals surface area contributed by atoms with Gasteiger partial charge in [-0.15, -0.1) is 0 Å². The third kappa shape index (κ3) is 61.3. The summed E-state index contributed by atoms with van der Waals surface area (Å²) in [5.74, 6) is -0.877. The first-order valence-corrected chi connectivity index (χ1v) is 32.1. The van der Waals surface area contributed by atoms with Gasteiger partial charge in [0.1, 0.15) is 13.2 Å². The quantitative estimate of drug-likeness (QED) is 0.0261. The summed E-state index contributed by atoms with van der Waals surface area (Å²) in [5, 5.41) is 0. The van der Waals surface area contributed by atoms with Gasteiger partial charge in [0.05, 0.1) is 0 Å². The summed E-state index contributed by atoms with van der Waals surface area (Å²) in [6, 6.07) is 0. The van der Waals surface area contributed by atoms with Crippen LogP contribution in [0.2, 0.25) is 0 Å². The Morgan fingerprint density at radius 3 is 0.827 bits per heavy atom. The zero-order chi connectivity index (χ0) is 54.3. The Labute approximate surface area is 465 Å². The van der Waals surface area contributed by atoms with Crippen LogP contribution in [-0.2, 0) is 28.6 Å². The molecule has 0 heterocycles. The average Bonchev–Trinajstić information content (AvgIpc) is 3.41. The van der Waals surface area contributed by atoms with Crippen molar-refractivity contribution in [3.63, 3.8) is 0 Å². The molecule has 0 aliphatic heterocycles. The van der Waals surface area contributed by atoms with Crippen LogP contribution in [0, 0.1) is 0 Å². The maximum atomic E-state index is 12.9. The highest BCUT2D eigenvalue weighted by Gasteiger charge is 2.19. The lowest BCUT2D eigenvalue weighted by Crippen LogP contribution is -2.30. The second-order valence-electron chi connectivity index (χ2n) is 21.3. The Bertz CT molecular complexity index is 1430. The van der Waals surface area contributed by atoms with E-state index in [0.717, 1.165) is 103 Å². The average molecular weight is 1050 g/mol. The van der Waals surface area contributed by atoms with Crippen LogP contribution in [0.5, 0.6) is 0 Å². The van der Waals surface area contributed by atoms with Gasteiger partial charge in [0.15, 0.2) is 6.10 Å². The van der Waals surface area contributed by atoms with Gasteiger partial charge in [0.25, 0.3) is 0 Å². The molecule has 0 aromatic carbocycles. The van der Waals surface area contributed by atoms with Gasteiger partial charge < -0.3 is 14.2 Å². The molecule has 0 amide bonds. The summed E-state index contributed by atoms with van der Waals surface area (Å²) in [5.41, 5.74) is 0. The molecule has 0 radical (unpaired) electrons. The number of allylic oxidation sites excluding steroid dienone is 14. The minimum absolute atomic E-state index is 0.0775. The molecular weight excluding hydrogens is 925 g/mol. The van der Waals surface area contributed by atoms with E-state index in [1.54, 1.807) is 0 Å². The summed E-state index contributed by atoms with van der Waals surface area (Å²) >= 11 is 0. The van der Waals surface area contributed by atoms with E-state index < -0.39 is 6.10 Å². The normalized spacial score (nSPS) is 12.6. The van der Waals surface area contributed by atoms with E-state index >= 15 is 0 Å². The van der Waals surface area contributed by atoms with Crippen molar-refractivity contribution in [2.75, 3.05) is 13.2 Å². The summed E-state index contributed by atoms with van der Waals surface area (Å²) in [6.07, 6.45) is 83.0. The molecule has 0 aromatic heterocycles. The topological polar surface area (TPSA) is 78.9 Å². The molecule has 0 aliphatic carbocycles. The van der Waals surface area contributed by atoms with E-state index in [9.17, 15) is 14.4 Å². The molecule has 0 saturated heterocycles. The van der Waals surface area contributed by atoms with E-state index in [0.29, 0.717) is 19.3 Å². The molecule has 1 atom stereocenters. The van der Waals surface area contributed by atoms with Crippen molar-refractivity contribution >= 4 is 17.9 Å². The highest BCUT2D eigenvalue weighted by atomic mass is 16.6. The predicted molar refractivity (Wildman–Crippen MR) is 325 cm³/mol. The number of hydrogen-bond acceptors (Lipinski definition) is 6. The van der Waals surface area contributed by atoms with E-state index in [1.165, 1.54) is 173 Å². The van der Waals surface area contributed by atoms with Gasteiger partial charge in [-0.25, -0.2) is 0 Å². The Morgan fingerprint density at radius 1 is 0.280 bits per heavy atom. The highest BCUT2D eigenvalue weighted by Crippen LogP contribution is 2.16. The molecule has 0 N–H and O–H groups in total. The maximum Gasteiger partial charge on any atom is 0.306 e.